The highest BCUT2D eigenvalue weighted by Crippen LogP contribution is 2.19. The van der Waals surface area contributed by atoms with E-state index in [0.29, 0.717) is 13.0 Å². The molecule has 1 N–H and O–H groups in total. The maximum absolute atomic E-state index is 11.9. The lowest BCUT2D eigenvalue weighted by Gasteiger charge is -2.02. The first-order valence-electron chi connectivity index (χ1n) is 3.17. The van der Waals surface area contributed by atoms with Crippen LogP contribution in [0.3, 0.4) is 0 Å². The number of alkyl halides is 2. The summed E-state index contributed by atoms with van der Waals surface area (Å²) >= 11 is 0. The van der Waals surface area contributed by atoms with Crippen molar-refractivity contribution in [2.45, 2.75) is 12.3 Å². The average Bonchev–Trinajstić information content (AvgIpc) is 2.35. The first-order chi connectivity index (χ1) is 5.12. The Balaban J connectivity index is 0.000000218. The Bertz CT molecular complexity index is 111. The van der Waals surface area contributed by atoms with Gasteiger partial charge in [0.1, 0.15) is 0 Å². The topological polar surface area (TPSA) is 38.3 Å². The molecule has 0 spiro atoms. The lowest BCUT2D eigenvalue weighted by Crippen LogP contribution is -2.18. The van der Waals surface area contributed by atoms with Crippen molar-refractivity contribution in [3.05, 3.63) is 0 Å². The predicted octanol–water partition coefficient (Wildman–Crippen LogP) is 0.404. The van der Waals surface area contributed by atoms with Crippen molar-refractivity contribution in [1.29, 1.82) is 0 Å². The Labute approximate surface area is 63.7 Å². The molecule has 11 heavy (non-hydrogen) atoms. The van der Waals surface area contributed by atoms with Crippen molar-refractivity contribution >= 4 is 6.47 Å². The number of rotatable bonds is 1. The van der Waals surface area contributed by atoms with Gasteiger partial charge >= 0.3 is 0 Å². The molecule has 0 aromatic rings. The molecular weight excluding hydrogens is 156 g/mol. The van der Waals surface area contributed by atoms with Crippen LogP contribution in [0.1, 0.15) is 6.42 Å². The molecule has 0 bridgehead atoms. The predicted molar refractivity (Wildman–Crippen MR) is 35.5 cm³/mol. The molecule has 5 heteroatoms. The molecule has 1 fully saturated rings. The summed E-state index contributed by atoms with van der Waals surface area (Å²) in [5.41, 5.74) is 0. The van der Waals surface area contributed by atoms with E-state index in [1.807, 2.05) is 0 Å². The van der Waals surface area contributed by atoms with Gasteiger partial charge in [0.2, 0.25) is 0 Å². The Morgan fingerprint density at radius 3 is 2.27 bits per heavy atom. The van der Waals surface area contributed by atoms with E-state index in [2.05, 4.69) is 10.1 Å². The zero-order valence-electron chi connectivity index (χ0n) is 6.27. The van der Waals surface area contributed by atoms with Gasteiger partial charge in [-0.3, -0.25) is 4.79 Å². The highest BCUT2D eigenvalue weighted by Gasteiger charge is 2.32. The number of methoxy groups -OCH3 is 1. The minimum atomic E-state index is -2.42. The highest BCUT2D eigenvalue weighted by atomic mass is 19.3. The van der Waals surface area contributed by atoms with Gasteiger partial charge in [-0.15, -0.1) is 0 Å². The fourth-order valence-electron chi connectivity index (χ4n) is 0.631. The van der Waals surface area contributed by atoms with Crippen LogP contribution >= 0.6 is 0 Å². The molecule has 0 aliphatic carbocycles. The second-order valence-electron chi connectivity index (χ2n) is 2.11. The standard InChI is InChI=1S/C4H7F2N.C2H4O2/c5-4(6)1-2-7-3-4;1-4-2-3/h7H,1-3H2;2H,1H3. The van der Waals surface area contributed by atoms with E-state index >= 15 is 0 Å². The maximum Gasteiger partial charge on any atom is 0.292 e. The molecule has 0 aromatic carbocycles. The summed E-state index contributed by atoms with van der Waals surface area (Å²) in [6, 6.07) is 0. The minimum Gasteiger partial charge on any atom is -0.471 e. The zero-order chi connectivity index (χ0) is 8.74. The van der Waals surface area contributed by atoms with E-state index in [-0.39, 0.29) is 13.0 Å². The van der Waals surface area contributed by atoms with Crippen LogP contribution in [0.15, 0.2) is 0 Å². The van der Waals surface area contributed by atoms with Crippen molar-refractivity contribution < 1.29 is 18.3 Å². The van der Waals surface area contributed by atoms with Crippen LogP contribution in [-0.2, 0) is 9.53 Å². The van der Waals surface area contributed by atoms with Gasteiger partial charge in [0.15, 0.2) is 0 Å². The average molecular weight is 167 g/mol. The van der Waals surface area contributed by atoms with Gasteiger partial charge in [-0.1, -0.05) is 0 Å². The first-order valence-corrected chi connectivity index (χ1v) is 3.17. The van der Waals surface area contributed by atoms with Crippen LogP contribution in [0, 0.1) is 0 Å². The maximum atomic E-state index is 11.9. The van der Waals surface area contributed by atoms with Gasteiger partial charge in [-0.25, -0.2) is 8.78 Å². The molecule has 1 aliphatic rings. The van der Waals surface area contributed by atoms with E-state index in [1.165, 1.54) is 7.11 Å². The summed E-state index contributed by atoms with van der Waals surface area (Å²) in [7, 11) is 1.31. The van der Waals surface area contributed by atoms with Crippen molar-refractivity contribution in [1.82, 2.24) is 5.32 Å². The fraction of sp³-hybridized carbons (Fsp3) is 0.833. The molecule has 3 nitrogen and oxygen atoms in total. The number of nitrogens with one attached hydrogen (secondary N) is 1. The number of hydrogen-bond donors (Lipinski definition) is 1. The van der Waals surface area contributed by atoms with E-state index in [1.54, 1.807) is 0 Å². The Morgan fingerprint density at radius 1 is 1.64 bits per heavy atom. The van der Waals surface area contributed by atoms with Crippen molar-refractivity contribution in [3.8, 4) is 0 Å². The molecule has 1 aliphatic heterocycles. The molecule has 1 rings (SSSR count). The SMILES string of the molecule is COC=O.FC1(F)CCNC1. The molecule has 0 atom stereocenters. The quantitative estimate of drug-likeness (QED) is 0.574. The molecule has 66 valence electrons. The largest absolute Gasteiger partial charge is 0.471 e. The van der Waals surface area contributed by atoms with Crippen LogP contribution in [0.4, 0.5) is 8.78 Å². The molecule has 0 unspecified atom stereocenters. The van der Waals surface area contributed by atoms with Gasteiger partial charge in [-0.2, -0.15) is 0 Å². The van der Waals surface area contributed by atoms with E-state index in [4.69, 9.17) is 4.79 Å². The van der Waals surface area contributed by atoms with Crippen molar-refractivity contribution in [3.63, 3.8) is 0 Å². The van der Waals surface area contributed by atoms with Gasteiger partial charge < -0.3 is 10.1 Å². The van der Waals surface area contributed by atoms with Crippen molar-refractivity contribution in [2.24, 2.45) is 0 Å². The molecule has 0 amide bonds. The second kappa shape index (κ2) is 5.01. The molecule has 0 aromatic heterocycles. The smallest absolute Gasteiger partial charge is 0.292 e. The first kappa shape index (κ1) is 10.3. The zero-order valence-corrected chi connectivity index (χ0v) is 6.27. The minimum absolute atomic E-state index is 0.00694. The van der Waals surface area contributed by atoms with E-state index in [9.17, 15) is 8.78 Å². The molecular formula is C6H11F2NO2. The normalized spacial score (nSPS) is 19.9. The molecule has 0 saturated carbocycles. The van der Waals surface area contributed by atoms with Gasteiger partial charge in [0.25, 0.3) is 12.4 Å². The van der Waals surface area contributed by atoms with Gasteiger partial charge in [-0.05, 0) is 0 Å². The number of halogens is 2. The van der Waals surface area contributed by atoms with Crippen LogP contribution in [0.25, 0.3) is 0 Å². The second-order valence-corrected chi connectivity index (χ2v) is 2.11. The summed E-state index contributed by atoms with van der Waals surface area (Å²) in [5.74, 6) is -2.42. The van der Waals surface area contributed by atoms with Crippen LogP contribution < -0.4 is 5.32 Å². The van der Waals surface area contributed by atoms with E-state index in [0.717, 1.165) is 0 Å². The van der Waals surface area contributed by atoms with Gasteiger partial charge in [0, 0.05) is 13.0 Å². The fourth-order valence-corrected chi connectivity index (χ4v) is 0.631. The number of carbonyl (C=O) groups is 1. The third-order valence-corrected chi connectivity index (χ3v) is 1.15. The summed E-state index contributed by atoms with van der Waals surface area (Å²) < 4.78 is 27.6. The van der Waals surface area contributed by atoms with Gasteiger partial charge in [0.05, 0.1) is 13.7 Å². The van der Waals surface area contributed by atoms with Crippen molar-refractivity contribution in [2.75, 3.05) is 20.2 Å². The summed E-state index contributed by atoms with van der Waals surface area (Å²) in [4.78, 5) is 8.95. The summed E-state index contributed by atoms with van der Waals surface area (Å²) in [6.07, 6.45) is 0.00694. The van der Waals surface area contributed by atoms with Crippen LogP contribution in [0.2, 0.25) is 0 Å². The molecule has 1 saturated heterocycles. The Morgan fingerprint density at radius 2 is 2.18 bits per heavy atom. The Hall–Kier alpha value is -0.710. The third kappa shape index (κ3) is 5.72. The number of ether oxygens (including phenoxy) is 1. The molecule has 0 radical (unpaired) electrons. The van der Waals surface area contributed by atoms with Crippen LogP contribution in [-0.4, -0.2) is 32.6 Å². The van der Waals surface area contributed by atoms with E-state index < -0.39 is 5.92 Å². The summed E-state index contributed by atoms with van der Waals surface area (Å²) in [6.45, 7) is 0.708. The molecule has 1 heterocycles. The highest BCUT2D eigenvalue weighted by molar-refractivity contribution is 5.36. The number of carbonyl (C=O) groups excluding carboxylic acids is 1. The Kier molecular flexibility index (Phi) is 4.69. The third-order valence-electron chi connectivity index (χ3n) is 1.15. The van der Waals surface area contributed by atoms with Crippen LogP contribution in [0.5, 0.6) is 0 Å². The number of hydrogen-bond acceptors (Lipinski definition) is 3. The summed E-state index contributed by atoms with van der Waals surface area (Å²) in [5, 5.41) is 2.56. The lowest BCUT2D eigenvalue weighted by molar-refractivity contribution is -0.126. The monoisotopic (exact) mass is 167 g/mol. The lowest BCUT2D eigenvalue weighted by atomic mass is 10.3.